The second kappa shape index (κ2) is 5.16. The van der Waals surface area contributed by atoms with E-state index in [-0.39, 0.29) is 5.92 Å². The van der Waals surface area contributed by atoms with Crippen LogP contribution in [0.4, 0.5) is 0 Å². The standard InChI is InChI=1S/C14H19N/c15-11-14(12-7-3-1-4-8-12)13-9-5-2-6-10-13/h3,5,7,9,12-14H,1-2,4,6,8,10H2. The summed E-state index contributed by atoms with van der Waals surface area (Å²) >= 11 is 0. The number of nitriles is 1. The molecule has 0 aliphatic heterocycles. The Kier molecular flexibility index (Phi) is 3.61. The van der Waals surface area contributed by atoms with Crippen molar-refractivity contribution in [2.75, 3.05) is 0 Å². The maximum absolute atomic E-state index is 9.31. The molecule has 0 aromatic heterocycles. The summed E-state index contributed by atoms with van der Waals surface area (Å²) in [6.07, 6.45) is 16.4. The number of nitrogens with zero attached hydrogens (tertiary/aromatic N) is 1. The molecule has 0 amide bonds. The molecule has 0 saturated carbocycles. The molecular weight excluding hydrogens is 182 g/mol. The molecule has 2 aliphatic rings. The minimum absolute atomic E-state index is 0.220. The van der Waals surface area contributed by atoms with Crippen LogP contribution in [0.25, 0.3) is 0 Å². The van der Waals surface area contributed by atoms with Crippen molar-refractivity contribution in [1.82, 2.24) is 0 Å². The van der Waals surface area contributed by atoms with Crippen molar-refractivity contribution in [2.24, 2.45) is 17.8 Å². The van der Waals surface area contributed by atoms with Gasteiger partial charge in [0.05, 0.1) is 12.0 Å². The molecule has 0 aromatic rings. The first kappa shape index (κ1) is 10.5. The van der Waals surface area contributed by atoms with Gasteiger partial charge in [-0.2, -0.15) is 5.26 Å². The topological polar surface area (TPSA) is 23.8 Å². The fraction of sp³-hybridized carbons (Fsp3) is 0.643. The van der Waals surface area contributed by atoms with E-state index in [2.05, 4.69) is 30.4 Å². The zero-order valence-corrected chi connectivity index (χ0v) is 9.23. The van der Waals surface area contributed by atoms with Gasteiger partial charge in [0, 0.05) is 0 Å². The first-order valence-electron chi connectivity index (χ1n) is 6.15. The third kappa shape index (κ3) is 2.50. The maximum Gasteiger partial charge on any atom is 0.0668 e. The Hall–Kier alpha value is -1.03. The molecule has 0 radical (unpaired) electrons. The SMILES string of the molecule is N#CC(C1C=CCCC1)C1C=CCCC1. The molecule has 2 unspecified atom stereocenters. The predicted molar refractivity (Wildman–Crippen MR) is 62.1 cm³/mol. The molecule has 0 bridgehead atoms. The summed E-state index contributed by atoms with van der Waals surface area (Å²) in [4.78, 5) is 0. The van der Waals surface area contributed by atoms with Gasteiger partial charge in [0.2, 0.25) is 0 Å². The third-order valence-corrected chi connectivity index (χ3v) is 3.65. The number of hydrogen-bond donors (Lipinski definition) is 0. The van der Waals surface area contributed by atoms with Crippen LogP contribution >= 0.6 is 0 Å². The molecule has 15 heavy (non-hydrogen) atoms. The minimum Gasteiger partial charge on any atom is -0.198 e. The van der Waals surface area contributed by atoms with E-state index in [1.807, 2.05) is 0 Å². The lowest BCUT2D eigenvalue weighted by Gasteiger charge is -2.28. The van der Waals surface area contributed by atoms with Crippen molar-refractivity contribution in [1.29, 1.82) is 5.26 Å². The van der Waals surface area contributed by atoms with Crippen LogP contribution in [-0.2, 0) is 0 Å². The second-order valence-electron chi connectivity index (χ2n) is 4.70. The molecule has 0 N–H and O–H groups in total. The lowest BCUT2D eigenvalue weighted by Crippen LogP contribution is -2.22. The second-order valence-corrected chi connectivity index (χ2v) is 4.70. The van der Waals surface area contributed by atoms with Crippen LogP contribution in [0.5, 0.6) is 0 Å². The normalized spacial score (nSPS) is 32.2. The lowest BCUT2D eigenvalue weighted by atomic mass is 9.75. The van der Waals surface area contributed by atoms with Crippen molar-refractivity contribution in [3.63, 3.8) is 0 Å². The molecule has 0 fully saturated rings. The van der Waals surface area contributed by atoms with Gasteiger partial charge in [-0.1, -0.05) is 24.3 Å². The molecule has 2 aliphatic carbocycles. The largest absolute Gasteiger partial charge is 0.198 e. The van der Waals surface area contributed by atoms with E-state index >= 15 is 0 Å². The monoisotopic (exact) mass is 201 g/mol. The van der Waals surface area contributed by atoms with Gasteiger partial charge in [-0.05, 0) is 50.4 Å². The number of rotatable bonds is 2. The predicted octanol–water partition coefficient (Wildman–Crippen LogP) is 3.84. The minimum atomic E-state index is 0.220. The van der Waals surface area contributed by atoms with Crippen molar-refractivity contribution in [3.05, 3.63) is 24.3 Å². The van der Waals surface area contributed by atoms with Gasteiger partial charge in [0.15, 0.2) is 0 Å². The fourth-order valence-electron chi connectivity index (χ4n) is 2.78. The summed E-state index contributed by atoms with van der Waals surface area (Å²) in [5.41, 5.74) is 0. The van der Waals surface area contributed by atoms with Crippen LogP contribution in [0.2, 0.25) is 0 Å². The van der Waals surface area contributed by atoms with Gasteiger partial charge < -0.3 is 0 Å². The van der Waals surface area contributed by atoms with Gasteiger partial charge in [0.1, 0.15) is 0 Å². The Morgan fingerprint density at radius 2 is 1.53 bits per heavy atom. The summed E-state index contributed by atoms with van der Waals surface area (Å²) in [7, 11) is 0. The number of allylic oxidation sites excluding steroid dienone is 4. The van der Waals surface area contributed by atoms with E-state index in [1.54, 1.807) is 0 Å². The fourth-order valence-corrected chi connectivity index (χ4v) is 2.78. The quantitative estimate of drug-likeness (QED) is 0.623. The highest BCUT2D eigenvalue weighted by molar-refractivity contribution is 5.09. The van der Waals surface area contributed by atoms with Crippen molar-refractivity contribution >= 4 is 0 Å². The lowest BCUT2D eigenvalue weighted by molar-refractivity contribution is 0.326. The van der Waals surface area contributed by atoms with Crippen LogP contribution in [0.1, 0.15) is 38.5 Å². The Morgan fingerprint density at radius 1 is 1.00 bits per heavy atom. The molecule has 80 valence electrons. The van der Waals surface area contributed by atoms with Gasteiger partial charge in [-0.25, -0.2) is 0 Å². The van der Waals surface area contributed by atoms with E-state index in [4.69, 9.17) is 0 Å². The van der Waals surface area contributed by atoms with E-state index in [0.717, 1.165) is 0 Å². The smallest absolute Gasteiger partial charge is 0.0668 e. The summed E-state index contributed by atoms with van der Waals surface area (Å²) in [5.74, 6) is 1.24. The zero-order valence-electron chi connectivity index (χ0n) is 9.23. The maximum atomic E-state index is 9.31. The summed E-state index contributed by atoms with van der Waals surface area (Å²) in [6, 6.07) is 2.54. The molecule has 1 nitrogen and oxygen atoms in total. The molecule has 2 rings (SSSR count). The van der Waals surface area contributed by atoms with E-state index in [0.29, 0.717) is 11.8 Å². The first-order chi connectivity index (χ1) is 7.42. The van der Waals surface area contributed by atoms with E-state index in [9.17, 15) is 5.26 Å². The van der Waals surface area contributed by atoms with Crippen LogP contribution in [-0.4, -0.2) is 0 Å². The third-order valence-electron chi connectivity index (χ3n) is 3.65. The van der Waals surface area contributed by atoms with Gasteiger partial charge in [0.25, 0.3) is 0 Å². The molecular formula is C14H19N. The Labute approximate surface area is 92.5 Å². The Bertz CT molecular complexity index is 271. The van der Waals surface area contributed by atoms with Crippen LogP contribution < -0.4 is 0 Å². The van der Waals surface area contributed by atoms with Crippen molar-refractivity contribution < 1.29 is 0 Å². The Morgan fingerprint density at radius 3 is 1.87 bits per heavy atom. The highest BCUT2D eigenvalue weighted by Crippen LogP contribution is 2.34. The van der Waals surface area contributed by atoms with E-state index < -0.39 is 0 Å². The summed E-state index contributed by atoms with van der Waals surface area (Å²) < 4.78 is 0. The van der Waals surface area contributed by atoms with Crippen LogP contribution in [0.3, 0.4) is 0 Å². The van der Waals surface area contributed by atoms with Crippen molar-refractivity contribution in [3.8, 4) is 6.07 Å². The molecule has 1 heteroatoms. The molecule has 0 heterocycles. The molecule has 2 atom stereocenters. The van der Waals surface area contributed by atoms with Crippen LogP contribution in [0.15, 0.2) is 24.3 Å². The van der Waals surface area contributed by atoms with Crippen molar-refractivity contribution in [2.45, 2.75) is 38.5 Å². The highest BCUT2D eigenvalue weighted by Gasteiger charge is 2.27. The number of hydrogen-bond acceptors (Lipinski definition) is 1. The first-order valence-corrected chi connectivity index (χ1v) is 6.15. The zero-order chi connectivity index (χ0) is 10.5. The van der Waals surface area contributed by atoms with Crippen LogP contribution in [0, 0.1) is 29.1 Å². The average Bonchev–Trinajstić information content (AvgIpc) is 2.33. The molecule has 0 spiro atoms. The molecule has 0 saturated heterocycles. The van der Waals surface area contributed by atoms with Gasteiger partial charge >= 0.3 is 0 Å². The average molecular weight is 201 g/mol. The Balaban J connectivity index is 2.05. The van der Waals surface area contributed by atoms with Gasteiger partial charge in [-0.3, -0.25) is 0 Å². The highest BCUT2D eigenvalue weighted by atomic mass is 14.4. The molecule has 0 aromatic carbocycles. The summed E-state index contributed by atoms with van der Waals surface area (Å²) in [6.45, 7) is 0. The summed E-state index contributed by atoms with van der Waals surface area (Å²) in [5, 5.41) is 9.31. The van der Waals surface area contributed by atoms with E-state index in [1.165, 1.54) is 38.5 Å². The van der Waals surface area contributed by atoms with Gasteiger partial charge in [-0.15, -0.1) is 0 Å².